The zero-order chi connectivity index (χ0) is 12.5. The topological polar surface area (TPSA) is 49.4 Å². The Balaban J connectivity index is 1.99. The van der Waals surface area contributed by atoms with Crippen LogP contribution in [0.4, 0.5) is 4.79 Å². The summed E-state index contributed by atoms with van der Waals surface area (Å²) in [7, 11) is 0. The number of hydrogen-bond acceptors (Lipinski definition) is 2. The number of amides is 3. The van der Waals surface area contributed by atoms with Crippen molar-refractivity contribution in [3.8, 4) is 0 Å². The molecule has 0 bridgehead atoms. The predicted molar refractivity (Wildman–Crippen MR) is 65.4 cm³/mol. The molecule has 1 aliphatic heterocycles. The van der Waals surface area contributed by atoms with Crippen LogP contribution in [0.1, 0.15) is 39.0 Å². The molecule has 4 heteroatoms. The highest BCUT2D eigenvalue weighted by Gasteiger charge is 2.48. The highest BCUT2D eigenvalue weighted by molar-refractivity contribution is 6.04. The van der Waals surface area contributed by atoms with Crippen molar-refractivity contribution in [2.75, 3.05) is 6.54 Å². The molecule has 0 aromatic rings. The normalized spacial score (nSPS) is 25.9. The van der Waals surface area contributed by atoms with Gasteiger partial charge in [-0.15, -0.1) is 6.58 Å². The number of nitrogens with zero attached hydrogens (tertiary/aromatic N) is 1. The van der Waals surface area contributed by atoms with Crippen LogP contribution in [0, 0.1) is 5.41 Å². The van der Waals surface area contributed by atoms with Gasteiger partial charge in [-0.2, -0.15) is 0 Å². The van der Waals surface area contributed by atoms with E-state index in [1.165, 1.54) is 4.90 Å². The second-order valence-corrected chi connectivity index (χ2v) is 5.20. The molecule has 94 valence electrons. The molecule has 2 aliphatic rings. The molecule has 2 rings (SSSR count). The number of carbonyl (C=O) groups is 2. The minimum absolute atomic E-state index is 0.0859. The first-order chi connectivity index (χ1) is 8.12. The summed E-state index contributed by atoms with van der Waals surface area (Å²) in [5.41, 5.74) is 0.227. The van der Waals surface area contributed by atoms with E-state index in [1.54, 1.807) is 6.08 Å². The van der Waals surface area contributed by atoms with Gasteiger partial charge in [0.05, 0.1) is 0 Å². The Bertz CT molecular complexity index is 347. The van der Waals surface area contributed by atoms with E-state index in [1.807, 2.05) is 0 Å². The van der Waals surface area contributed by atoms with E-state index in [0.717, 1.165) is 25.7 Å². The van der Waals surface area contributed by atoms with Gasteiger partial charge < -0.3 is 5.32 Å². The van der Waals surface area contributed by atoms with Crippen molar-refractivity contribution in [2.45, 2.75) is 45.1 Å². The number of rotatable bonds is 6. The minimum Gasteiger partial charge on any atom is -0.325 e. The van der Waals surface area contributed by atoms with Crippen molar-refractivity contribution in [2.24, 2.45) is 5.41 Å². The Labute approximate surface area is 102 Å². The first-order valence-corrected chi connectivity index (χ1v) is 6.35. The van der Waals surface area contributed by atoms with Gasteiger partial charge in [0.1, 0.15) is 6.04 Å². The molecular formula is C13H20N2O2. The quantitative estimate of drug-likeness (QED) is 0.567. The van der Waals surface area contributed by atoms with Crippen LogP contribution in [0.3, 0.4) is 0 Å². The smallest absolute Gasteiger partial charge is 0.324 e. The van der Waals surface area contributed by atoms with Gasteiger partial charge in [0.2, 0.25) is 0 Å². The van der Waals surface area contributed by atoms with Gasteiger partial charge in [0.15, 0.2) is 0 Å². The summed E-state index contributed by atoms with van der Waals surface area (Å²) < 4.78 is 0. The predicted octanol–water partition coefficient (Wildman–Crippen LogP) is 2.06. The molecule has 1 aliphatic carbocycles. The van der Waals surface area contributed by atoms with Gasteiger partial charge in [0.25, 0.3) is 5.91 Å². The van der Waals surface area contributed by atoms with Gasteiger partial charge >= 0.3 is 6.03 Å². The summed E-state index contributed by atoms with van der Waals surface area (Å²) in [5.74, 6) is -0.0859. The lowest BCUT2D eigenvalue weighted by atomic mass is 10.00. The first-order valence-electron chi connectivity index (χ1n) is 6.35. The average molecular weight is 236 g/mol. The summed E-state index contributed by atoms with van der Waals surface area (Å²) in [5, 5.41) is 2.71. The Kier molecular flexibility index (Phi) is 3.22. The Morgan fingerprint density at radius 3 is 2.76 bits per heavy atom. The molecule has 1 saturated heterocycles. The van der Waals surface area contributed by atoms with E-state index < -0.39 is 6.04 Å². The van der Waals surface area contributed by atoms with E-state index >= 15 is 0 Å². The molecule has 1 N–H and O–H groups in total. The van der Waals surface area contributed by atoms with E-state index in [2.05, 4.69) is 18.8 Å². The van der Waals surface area contributed by atoms with Crippen molar-refractivity contribution in [1.82, 2.24) is 10.2 Å². The number of hydrogen-bond donors (Lipinski definition) is 1. The summed E-state index contributed by atoms with van der Waals surface area (Å²) in [4.78, 5) is 25.1. The van der Waals surface area contributed by atoms with Crippen LogP contribution in [0.25, 0.3) is 0 Å². The zero-order valence-electron chi connectivity index (χ0n) is 10.4. The molecule has 1 saturated carbocycles. The molecule has 0 aromatic heterocycles. The van der Waals surface area contributed by atoms with Crippen molar-refractivity contribution in [3.05, 3.63) is 12.7 Å². The van der Waals surface area contributed by atoms with Gasteiger partial charge in [-0.05, 0) is 31.1 Å². The lowest BCUT2D eigenvalue weighted by Crippen LogP contribution is -2.36. The molecule has 3 amide bonds. The third-order valence-corrected chi connectivity index (χ3v) is 3.74. The average Bonchev–Trinajstić information content (AvgIpc) is 2.99. The van der Waals surface area contributed by atoms with Crippen LogP contribution < -0.4 is 5.32 Å². The molecular weight excluding hydrogens is 216 g/mol. The SMILES string of the molecule is C=CCC1NC(=O)N(CC2(CCC)CC2)C1=O. The van der Waals surface area contributed by atoms with E-state index in [9.17, 15) is 9.59 Å². The third kappa shape index (κ3) is 2.35. The van der Waals surface area contributed by atoms with Crippen LogP contribution >= 0.6 is 0 Å². The Morgan fingerprint density at radius 2 is 2.24 bits per heavy atom. The molecule has 4 nitrogen and oxygen atoms in total. The maximum absolute atomic E-state index is 12.0. The Hall–Kier alpha value is -1.32. The van der Waals surface area contributed by atoms with Crippen molar-refractivity contribution >= 4 is 11.9 Å². The molecule has 0 radical (unpaired) electrons. The van der Waals surface area contributed by atoms with E-state index in [4.69, 9.17) is 0 Å². The number of urea groups is 1. The second kappa shape index (κ2) is 4.51. The lowest BCUT2D eigenvalue weighted by molar-refractivity contribution is -0.128. The van der Waals surface area contributed by atoms with Gasteiger partial charge in [-0.3, -0.25) is 9.69 Å². The van der Waals surface area contributed by atoms with Crippen LogP contribution in [0.5, 0.6) is 0 Å². The largest absolute Gasteiger partial charge is 0.325 e. The van der Waals surface area contributed by atoms with Crippen LogP contribution in [0.2, 0.25) is 0 Å². The highest BCUT2D eigenvalue weighted by Crippen LogP contribution is 2.50. The number of imide groups is 1. The molecule has 2 fully saturated rings. The zero-order valence-corrected chi connectivity index (χ0v) is 10.4. The summed E-state index contributed by atoms with van der Waals surface area (Å²) in [6, 6.07) is -0.623. The minimum atomic E-state index is -0.391. The van der Waals surface area contributed by atoms with Gasteiger partial charge in [-0.25, -0.2) is 4.79 Å². The van der Waals surface area contributed by atoms with Crippen LogP contribution in [-0.4, -0.2) is 29.4 Å². The second-order valence-electron chi connectivity index (χ2n) is 5.20. The monoisotopic (exact) mass is 236 g/mol. The van der Waals surface area contributed by atoms with Crippen molar-refractivity contribution in [3.63, 3.8) is 0 Å². The molecule has 0 aromatic carbocycles. The lowest BCUT2D eigenvalue weighted by Gasteiger charge is -2.20. The molecule has 1 unspecified atom stereocenters. The maximum Gasteiger partial charge on any atom is 0.324 e. The maximum atomic E-state index is 12.0. The number of carbonyl (C=O) groups excluding carboxylic acids is 2. The molecule has 1 heterocycles. The van der Waals surface area contributed by atoms with Gasteiger partial charge in [-0.1, -0.05) is 19.4 Å². The van der Waals surface area contributed by atoms with Crippen molar-refractivity contribution < 1.29 is 9.59 Å². The van der Waals surface area contributed by atoms with E-state index in [-0.39, 0.29) is 17.4 Å². The van der Waals surface area contributed by atoms with E-state index in [0.29, 0.717) is 13.0 Å². The standard InChI is InChI=1S/C13H20N2O2/c1-3-5-10-11(16)15(12(17)14-10)9-13(6-4-2)7-8-13/h3,10H,1,4-9H2,2H3,(H,14,17). The fourth-order valence-electron chi connectivity index (χ4n) is 2.58. The fourth-order valence-corrected chi connectivity index (χ4v) is 2.58. The molecule has 1 atom stereocenters. The molecule has 17 heavy (non-hydrogen) atoms. The van der Waals surface area contributed by atoms with Crippen molar-refractivity contribution in [1.29, 1.82) is 0 Å². The van der Waals surface area contributed by atoms with Gasteiger partial charge in [0, 0.05) is 6.54 Å². The summed E-state index contributed by atoms with van der Waals surface area (Å²) >= 11 is 0. The highest BCUT2D eigenvalue weighted by atomic mass is 16.2. The first kappa shape index (κ1) is 12.1. The van der Waals surface area contributed by atoms with Crippen LogP contribution in [0.15, 0.2) is 12.7 Å². The van der Waals surface area contributed by atoms with Crippen LogP contribution in [-0.2, 0) is 4.79 Å². The summed E-state index contributed by atoms with van der Waals surface area (Å²) in [6.07, 6.45) is 6.69. The third-order valence-electron chi connectivity index (χ3n) is 3.74. The fraction of sp³-hybridized carbons (Fsp3) is 0.692. The summed E-state index contributed by atoms with van der Waals surface area (Å²) in [6.45, 7) is 6.34. The number of nitrogens with one attached hydrogen (secondary N) is 1. The Morgan fingerprint density at radius 1 is 1.53 bits per heavy atom. The molecule has 0 spiro atoms.